The summed E-state index contributed by atoms with van der Waals surface area (Å²) in [5, 5.41) is 2.86. The quantitative estimate of drug-likeness (QED) is 0.684. The highest BCUT2D eigenvalue weighted by molar-refractivity contribution is 6.34. The zero-order valence-electron chi connectivity index (χ0n) is 12.8. The second-order valence-electron chi connectivity index (χ2n) is 5.37. The summed E-state index contributed by atoms with van der Waals surface area (Å²) >= 11 is 5.96. The first kappa shape index (κ1) is 16.2. The number of nitrogens with one attached hydrogen (secondary N) is 1. The minimum Gasteiger partial charge on any atom is -0.322 e. The van der Waals surface area contributed by atoms with Crippen LogP contribution in [0.1, 0.15) is 21.5 Å². The summed E-state index contributed by atoms with van der Waals surface area (Å²) < 4.78 is 13.9. The van der Waals surface area contributed by atoms with Crippen molar-refractivity contribution in [1.29, 1.82) is 0 Å². The SMILES string of the molecule is O=C(Nc1ccccc1Cc1ccccc1)c1c(F)cccc1Cl. The van der Waals surface area contributed by atoms with Gasteiger partial charge in [0.05, 0.1) is 10.6 Å². The largest absolute Gasteiger partial charge is 0.322 e. The van der Waals surface area contributed by atoms with Gasteiger partial charge >= 0.3 is 0 Å². The molecule has 0 aliphatic carbocycles. The Kier molecular flexibility index (Phi) is 4.92. The first-order valence-corrected chi connectivity index (χ1v) is 7.90. The summed E-state index contributed by atoms with van der Waals surface area (Å²) in [6.45, 7) is 0. The maximum Gasteiger partial charge on any atom is 0.260 e. The van der Waals surface area contributed by atoms with Crippen LogP contribution in [0.2, 0.25) is 5.02 Å². The number of carbonyl (C=O) groups is 1. The zero-order chi connectivity index (χ0) is 16.9. The summed E-state index contributed by atoms with van der Waals surface area (Å²) in [7, 11) is 0. The van der Waals surface area contributed by atoms with Crippen LogP contribution >= 0.6 is 11.6 Å². The van der Waals surface area contributed by atoms with E-state index in [0.29, 0.717) is 12.1 Å². The third kappa shape index (κ3) is 3.63. The van der Waals surface area contributed by atoms with Crippen molar-refractivity contribution in [1.82, 2.24) is 0 Å². The fraction of sp³-hybridized carbons (Fsp3) is 0.0500. The Morgan fingerprint density at radius 1 is 0.917 bits per heavy atom. The Labute approximate surface area is 144 Å². The Balaban J connectivity index is 1.87. The summed E-state index contributed by atoms with van der Waals surface area (Å²) in [6, 6.07) is 21.6. The third-order valence-corrected chi connectivity index (χ3v) is 4.01. The number of hydrogen-bond acceptors (Lipinski definition) is 1. The molecule has 24 heavy (non-hydrogen) atoms. The lowest BCUT2D eigenvalue weighted by Gasteiger charge is -2.12. The van der Waals surface area contributed by atoms with E-state index in [9.17, 15) is 9.18 Å². The first-order valence-electron chi connectivity index (χ1n) is 7.52. The molecule has 0 heterocycles. The van der Waals surface area contributed by atoms with E-state index in [4.69, 9.17) is 11.6 Å². The van der Waals surface area contributed by atoms with Crippen LogP contribution in [0.15, 0.2) is 72.8 Å². The molecule has 2 nitrogen and oxygen atoms in total. The molecule has 0 atom stereocenters. The topological polar surface area (TPSA) is 29.1 Å². The van der Waals surface area contributed by atoms with Crippen LogP contribution in [0.25, 0.3) is 0 Å². The second kappa shape index (κ2) is 7.28. The number of hydrogen-bond donors (Lipinski definition) is 1. The van der Waals surface area contributed by atoms with E-state index in [2.05, 4.69) is 5.32 Å². The fourth-order valence-electron chi connectivity index (χ4n) is 2.51. The summed E-state index contributed by atoms with van der Waals surface area (Å²) in [5.74, 6) is -1.20. The highest BCUT2D eigenvalue weighted by Gasteiger charge is 2.17. The van der Waals surface area contributed by atoms with Crippen LogP contribution in [0.4, 0.5) is 10.1 Å². The van der Waals surface area contributed by atoms with Crippen molar-refractivity contribution in [3.8, 4) is 0 Å². The molecule has 3 aromatic rings. The van der Waals surface area contributed by atoms with Crippen molar-refractivity contribution in [2.75, 3.05) is 5.32 Å². The summed E-state index contributed by atoms with van der Waals surface area (Å²) in [5.41, 5.74) is 2.58. The number of benzene rings is 3. The van der Waals surface area contributed by atoms with Crippen molar-refractivity contribution in [3.63, 3.8) is 0 Å². The van der Waals surface area contributed by atoms with E-state index >= 15 is 0 Å². The van der Waals surface area contributed by atoms with E-state index in [1.54, 1.807) is 6.07 Å². The lowest BCUT2D eigenvalue weighted by atomic mass is 10.0. The number of para-hydroxylation sites is 1. The van der Waals surface area contributed by atoms with Crippen molar-refractivity contribution >= 4 is 23.2 Å². The lowest BCUT2D eigenvalue weighted by Crippen LogP contribution is -2.15. The van der Waals surface area contributed by atoms with Gasteiger partial charge in [0.1, 0.15) is 5.82 Å². The van der Waals surface area contributed by atoms with Crippen molar-refractivity contribution < 1.29 is 9.18 Å². The molecule has 3 rings (SSSR count). The third-order valence-electron chi connectivity index (χ3n) is 3.69. The van der Waals surface area contributed by atoms with Gasteiger partial charge in [-0.3, -0.25) is 4.79 Å². The highest BCUT2D eigenvalue weighted by atomic mass is 35.5. The molecular formula is C20H15ClFNO. The second-order valence-corrected chi connectivity index (χ2v) is 5.78. The number of rotatable bonds is 4. The molecule has 0 aliphatic rings. The molecule has 1 amide bonds. The Hall–Kier alpha value is -2.65. The van der Waals surface area contributed by atoms with Crippen molar-refractivity contribution in [2.24, 2.45) is 0 Å². The van der Waals surface area contributed by atoms with E-state index in [1.807, 2.05) is 48.5 Å². The molecule has 0 radical (unpaired) electrons. The van der Waals surface area contributed by atoms with Crippen LogP contribution in [0.3, 0.4) is 0 Å². The smallest absolute Gasteiger partial charge is 0.260 e. The standard InChI is InChI=1S/C20H15ClFNO/c21-16-10-6-11-17(22)19(16)20(24)23-18-12-5-4-9-15(18)13-14-7-2-1-3-8-14/h1-12H,13H2,(H,23,24). The highest BCUT2D eigenvalue weighted by Crippen LogP contribution is 2.23. The molecule has 120 valence electrons. The van der Waals surface area contributed by atoms with Crippen molar-refractivity contribution in [3.05, 3.63) is 100 Å². The van der Waals surface area contributed by atoms with Gasteiger partial charge in [-0.1, -0.05) is 66.2 Å². The molecule has 3 aromatic carbocycles. The number of amides is 1. The average Bonchev–Trinajstić information content (AvgIpc) is 2.57. The minimum atomic E-state index is -0.638. The Morgan fingerprint density at radius 3 is 2.38 bits per heavy atom. The van der Waals surface area contributed by atoms with Crippen LogP contribution in [-0.4, -0.2) is 5.91 Å². The van der Waals surface area contributed by atoms with Crippen LogP contribution in [0, 0.1) is 5.82 Å². The van der Waals surface area contributed by atoms with Crippen molar-refractivity contribution in [2.45, 2.75) is 6.42 Å². The molecule has 0 fully saturated rings. The van der Waals surface area contributed by atoms with Gasteiger partial charge < -0.3 is 5.32 Å². The van der Waals surface area contributed by atoms with Gasteiger partial charge in [0.2, 0.25) is 0 Å². The predicted octanol–water partition coefficient (Wildman–Crippen LogP) is 5.32. The molecule has 0 spiro atoms. The molecule has 0 aromatic heterocycles. The van der Waals surface area contributed by atoms with Crippen LogP contribution in [0.5, 0.6) is 0 Å². The summed E-state index contributed by atoms with van der Waals surface area (Å²) in [4.78, 5) is 12.4. The minimum absolute atomic E-state index is 0.0908. The van der Waals surface area contributed by atoms with Gasteiger partial charge in [0, 0.05) is 5.69 Å². The predicted molar refractivity (Wildman–Crippen MR) is 95.1 cm³/mol. The van der Waals surface area contributed by atoms with Gasteiger partial charge in [-0.25, -0.2) is 4.39 Å². The van der Waals surface area contributed by atoms with E-state index in [-0.39, 0.29) is 10.6 Å². The van der Waals surface area contributed by atoms with Gasteiger partial charge in [-0.15, -0.1) is 0 Å². The zero-order valence-corrected chi connectivity index (χ0v) is 13.6. The molecule has 0 saturated carbocycles. The average molecular weight is 340 g/mol. The fourth-order valence-corrected chi connectivity index (χ4v) is 2.76. The van der Waals surface area contributed by atoms with E-state index in [1.165, 1.54) is 18.2 Å². The molecule has 4 heteroatoms. The Bertz CT molecular complexity index is 844. The van der Waals surface area contributed by atoms with E-state index < -0.39 is 11.7 Å². The maximum absolute atomic E-state index is 13.9. The molecule has 0 unspecified atom stereocenters. The van der Waals surface area contributed by atoms with E-state index in [0.717, 1.165) is 11.1 Å². The van der Waals surface area contributed by atoms with Gasteiger partial charge in [0.15, 0.2) is 0 Å². The molecule has 0 bridgehead atoms. The molecular weight excluding hydrogens is 325 g/mol. The lowest BCUT2D eigenvalue weighted by molar-refractivity contribution is 0.102. The normalized spacial score (nSPS) is 10.4. The number of anilines is 1. The van der Waals surface area contributed by atoms with Crippen LogP contribution < -0.4 is 5.32 Å². The van der Waals surface area contributed by atoms with Gasteiger partial charge in [0.25, 0.3) is 5.91 Å². The first-order chi connectivity index (χ1) is 11.6. The number of halogens is 2. The van der Waals surface area contributed by atoms with Gasteiger partial charge in [-0.05, 0) is 35.7 Å². The molecule has 1 N–H and O–H groups in total. The molecule has 0 aliphatic heterocycles. The Morgan fingerprint density at radius 2 is 1.62 bits per heavy atom. The number of carbonyl (C=O) groups excluding carboxylic acids is 1. The molecule has 0 saturated heterocycles. The summed E-state index contributed by atoms with van der Waals surface area (Å²) in [6.07, 6.45) is 0.669. The van der Waals surface area contributed by atoms with Gasteiger partial charge in [-0.2, -0.15) is 0 Å². The monoisotopic (exact) mass is 339 g/mol. The maximum atomic E-state index is 13.9. The van der Waals surface area contributed by atoms with Crippen LogP contribution in [-0.2, 0) is 6.42 Å².